The van der Waals surface area contributed by atoms with Gasteiger partial charge in [-0.3, -0.25) is 4.98 Å². The molecule has 0 aliphatic heterocycles. The fourth-order valence-corrected chi connectivity index (χ4v) is 2.45. The Kier molecular flexibility index (Phi) is 3.23. The average molecular weight is 265 g/mol. The summed E-state index contributed by atoms with van der Waals surface area (Å²) < 4.78 is 14.4. The van der Waals surface area contributed by atoms with Gasteiger partial charge in [0, 0.05) is 17.1 Å². The number of halogens is 1. The summed E-state index contributed by atoms with van der Waals surface area (Å²) in [5.74, 6) is 0.153. The molecule has 3 aromatic rings. The topological polar surface area (TPSA) is 12.9 Å². The fraction of sp³-hybridized carbons (Fsp3) is 0.167. The molecule has 0 bridgehead atoms. The molecule has 0 unspecified atom stereocenters. The number of aromatic nitrogens is 1. The van der Waals surface area contributed by atoms with Crippen LogP contribution >= 0.6 is 0 Å². The molecule has 1 aromatic heterocycles. The van der Waals surface area contributed by atoms with Crippen molar-refractivity contribution >= 4 is 10.9 Å². The SMILES string of the molecule is CC(C)c1ccc(-c2cccc3ncccc23)c(F)c1. The first-order valence-electron chi connectivity index (χ1n) is 6.80. The third kappa shape index (κ3) is 2.18. The second-order valence-electron chi connectivity index (χ2n) is 5.27. The molecular weight excluding hydrogens is 249 g/mol. The van der Waals surface area contributed by atoms with Gasteiger partial charge in [-0.1, -0.05) is 44.2 Å². The van der Waals surface area contributed by atoms with Crippen molar-refractivity contribution in [1.82, 2.24) is 4.98 Å². The lowest BCUT2D eigenvalue weighted by Gasteiger charge is -2.10. The summed E-state index contributed by atoms with van der Waals surface area (Å²) in [6.45, 7) is 4.13. The molecule has 0 N–H and O–H groups in total. The van der Waals surface area contributed by atoms with Crippen molar-refractivity contribution in [1.29, 1.82) is 0 Å². The van der Waals surface area contributed by atoms with Crippen molar-refractivity contribution in [2.24, 2.45) is 0 Å². The highest BCUT2D eigenvalue weighted by atomic mass is 19.1. The Labute approximate surface area is 118 Å². The number of nitrogens with zero attached hydrogens (tertiary/aromatic N) is 1. The molecule has 0 amide bonds. The summed E-state index contributed by atoms with van der Waals surface area (Å²) in [4.78, 5) is 4.32. The standard InChI is InChI=1S/C18H16FN/c1-12(2)13-8-9-15(17(19)11-13)14-5-3-7-18-16(14)6-4-10-20-18/h3-12H,1-2H3. The van der Waals surface area contributed by atoms with Crippen molar-refractivity contribution < 1.29 is 4.39 Å². The molecule has 0 spiro atoms. The van der Waals surface area contributed by atoms with Crippen molar-refractivity contribution in [3.63, 3.8) is 0 Å². The largest absolute Gasteiger partial charge is 0.256 e. The first-order valence-corrected chi connectivity index (χ1v) is 6.80. The van der Waals surface area contributed by atoms with Gasteiger partial charge in [0.05, 0.1) is 5.52 Å². The van der Waals surface area contributed by atoms with Crippen LogP contribution in [-0.2, 0) is 0 Å². The van der Waals surface area contributed by atoms with Crippen molar-refractivity contribution in [2.45, 2.75) is 19.8 Å². The van der Waals surface area contributed by atoms with Crippen LogP contribution < -0.4 is 0 Å². The number of hydrogen-bond donors (Lipinski definition) is 0. The number of rotatable bonds is 2. The summed E-state index contributed by atoms with van der Waals surface area (Å²) >= 11 is 0. The lowest BCUT2D eigenvalue weighted by Crippen LogP contribution is -1.92. The normalized spacial score (nSPS) is 11.2. The van der Waals surface area contributed by atoms with Crippen molar-refractivity contribution in [3.8, 4) is 11.1 Å². The number of pyridine rings is 1. The molecule has 20 heavy (non-hydrogen) atoms. The van der Waals surface area contributed by atoms with Gasteiger partial charge in [0.15, 0.2) is 0 Å². The molecule has 3 rings (SSSR count). The zero-order chi connectivity index (χ0) is 14.1. The Hall–Kier alpha value is -2.22. The van der Waals surface area contributed by atoms with Crippen molar-refractivity contribution in [3.05, 3.63) is 66.1 Å². The van der Waals surface area contributed by atoms with Crippen LogP contribution in [0, 0.1) is 5.82 Å². The number of fused-ring (bicyclic) bond motifs is 1. The van der Waals surface area contributed by atoms with Crippen LogP contribution in [0.1, 0.15) is 25.3 Å². The van der Waals surface area contributed by atoms with Gasteiger partial charge < -0.3 is 0 Å². The monoisotopic (exact) mass is 265 g/mol. The lowest BCUT2D eigenvalue weighted by molar-refractivity contribution is 0.627. The third-order valence-corrected chi connectivity index (χ3v) is 3.60. The first kappa shape index (κ1) is 12.8. The van der Waals surface area contributed by atoms with Crippen LogP contribution in [0.15, 0.2) is 54.7 Å². The van der Waals surface area contributed by atoms with Crippen molar-refractivity contribution in [2.75, 3.05) is 0 Å². The van der Waals surface area contributed by atoms with Crippen LogP contribution in [-0.4, -0.2) is 4.98 Å². The van der Waals surface area contributed by atoms with E-state index in [9.17, 15) is 4.39 Å². The molecule has 0 aliphatic rings. The van der Waals surface area contributed by atoms with E-state index in [0.717, 1.165) is 22.0 Å². The molecule has 2 aromatic carbocycles. The predicted molar refractivity (Wildman–Crippen MR) is 81.2 cm³/mol. The van der Waals surface area contributed by atoms with E-state index in [0.29, 0.717) is 11.5 Å². The van der Waals surface area contributed by atoms with Crippen LogP contribution in [0.25, 0.3) is 22.0 Å². The van der Waals surface area contributed by atoms with E-state index in [4.69, 9.17) is 0 Å². The van der Waals surface area contributed by atoms with E-state index >= 15 is 0 Å². The van der Waals surface area contributed by atoms with E-state index in [1.54, 1.807) is 12.3 Å². The number of benzene rings is 2. The Balaban J connectivity index is 2.21. The highest BCUT2D eigenvalue weighted by Gasteiger charge is 2.10. The van der Waals surface area contributed by atoms with Crippen LogP contribution in [0.2, 0.25) is 0 Å². The summed E-state index contributed by atoms with van der Waals surface area (Å²) in [6, 6.07) is 15.2. The van der Waals surface area contributed by atoms with Crippen LogP contribution in [0.4, 0.5) is 4.39 Å². The van der Waals surface area contributed by atoms with E-state index < -0.39 is 0 Å². The summed E-state index contributed by atoms with van der Waals surface area (Å²) in [7, 11) is 0. The van der Waals surface area contributed by atoms with Gasteiger partial charge in [0.1, 0.15) is 5.82 Å². The summed E-state index contributed by atoms with van der Waals surface area (Å²) in [5.41, 5.74) is 3.43. The maximum absolute atomic E-state index is 14.4. The Morgan fingerprint density at radius 2 is 1.80 bits per heavy atom. The van der Waals surface area contributed by atoms with E-state index in [2.05, 4.69) is 18.8 Å². The predicted octanol–water partition coefficient (Wildman–Crippen LogP) is 5.16. The van der Waals surface area contributed by atoms with Gasteiger partial charge in [-0.2, -0.15) is 0 Å². The van der Waals surface area contributed by atoms with E-state index in [1.807, 2.05) is 42.5 Å². The molecular formula is C18H16FN. The number of hydrogen-bond acceptors (Lipinski definition) is 1. The fourth-order valence-electron chi connectivity index (χ4n) is 2.45. The summed E-state index contributed by atoms with van der Waals surface area (Å²) in [5, 5.41) is 0.978. The molecule has 1 heterocycles. The Morgan fingerprint density at radius 3 is 2.55 bits per heavy atom. The minimum absolute atomic E-state index is 0.174. The molecule has 0 atom stereocenters. The maximum Gasteiger partial charge on any atom is 0.131 e. The minimum Gasteiger partial charge on any atom is -0.256 e. The summed E-state index contributed by atoms with van der Waals surface area (Å²) in [6.07, 6.45) is 1.75. The molecule has 0 saturated heterocycles. The second kappa shape index (κ2) is 5.04. The van der Waals surface area contributed by atoms with Gasteiger partial charge in [0.2, 0.25) is 0 Å². The average Bonchev–Trinajstić information content (AvgIpc) is 2.46. The molecule has 0 saturated carbocycles. The van der Waals surface area contributed by atoms with Gasteiger partial charge in [-0.25, -0.2) is 4.39 Å². The zero-order valence-electron chi connectivity index (χ0n) is 11.6. The quantitative estimate of drug-likeness (QED) is 0.623. The third-order valence-electron chi connectivity index (χ3n) is 3.60. The molecule has 2 heteroatoms. The second-order valence-corrected chi connectivity index (χ2v) is 5.27. The Morgan fingerprint density at radius 1 is 0.950 bits per heavy atom. The van der Waals surface area contributed by atoms with E-state index in [1.165, 1.54) is 0 Å². The molecule has 0 fully saturated rings. The van der Waals surface area contributed by atoms with Gasteiger partial charge in [0.25, 0.3) is 0 Å². The van der Waals surface area contributed by atoms with Crippen LogP contribution in [0.3, 0.4) is 0 Å². The van der Waals surface area contributed by atoms with Crippen LogP contribution in [0.5, 0.6) is 0 Å². The van der Waals surface area contributed by atoms with Gasteiger partial charge in [-0.15, -0.1) is 0 Å². The first-order chi connectivity index (χ1) is 9.66. The lowest BCUT2D eigenvalue weighted by atomic mass is 9.96. The highest BCUT2D eigenvalue weighted by molar-refractivity contribution is 5.94. The van der Waals surface area contributed by atoms with Gasteiger partial charge in [-0.05, 0) is 35.2 Å². The van der Waals surface area contributed by atoms with Gasteiger partial charge >= 0.3 is 0 Å². The molecule has 100 valence electrons. The van der Waals surface area contributed by atoms with E-state index in [-0.39, 0.29) is 5.82 Å². The highest BCUT2D eigenvalue weighted by Crippen LogP contribution is 2.31. The maximum atomic E-state index is 14.4. The smallest absolute Gasteiger partial charge is 0.131 e. The molecule has 1 nitrogen and oxygen atoms in total. The molecule has 0 aliphatic carbocycles. The zero-order valence-corrected chi connectivity index (χ0v) is 11.6. The molecule has 0 radical (unpaired) electrons. The minimum atomic E-state index is -0.174. The Bertz CT molecular complexity index is 757.